The molecule has 0 aliphatic rings. The Bertz CT molecular complexity index is 863. The molecule has 1 heterocycles. The highest BCUT2D eigenvalue weighted by Crippen LogP contribution is 2.17. The molecule has 1 aromatic carbocycles. The van der Waals surface area contributed by atoms with Crippen molar-refractivity contribution in [1.82, 2.24) is 9.29 Å². The number of hydrogen-bond donors (Lipinski definition) is 1. The molecule has 0 unspecified atom stereocenters. The zero-order valence-corrected chi connectivity index (χ0v) is 16.8. The fraction of sp³-hybridized carbons (Fsp3) is 0.368. The lowest BCUT2D eigenvalue weighted by Gasteiger charge is -2.18. The van der Waals surface area contributed by atoms with Crippen LogP contribution in [0, 0.1) is 20.8 Å². The molecule has 6 nitrogen and oxygen atoms in total. The molecule has 0 aliphatic heterocycles. The zero-order chi connectivity index (χ0) is 19.3. The third-order valence-electron chi connectivity index (χ3n) is 4.19. The van der Waals surface area contributed by atoms with E-state index < -0.39 is 10.0 Å². The standard InChI is InChI=1S/C19H26N4O2S/c1-6-23(7-2)26(24,25)17-8-9-19(20-12-17)22-21-13-18-15(4)10-14(3)11-16(18)5/h8-13H,6-7H2,1-5H3,(H,20,22). The van der Waals surface area contributed by atoms with Gasteiger partial charge in [-0.1, -0.05) is 31.5 Å². The largest absolute Gasteiger partial charge is 0.261 e. The van der Waals surface area contributed by atoms with Crippen LogP contribution >= 0.6 is 0 Å². The van der Waals surface area contributed by atoms with Crippen LogP contribution in [0.2, 0.25) is 0 Å². The quantitative estimate of drug-likeness (QED) is 0.595. The molecule has 0 saturated carbocycles. The Labute approximate surface area is 156 Å². The second-order valence-corrected chi connectivity index (χ2v) is 8.09. The van der Waals surface area contributed by atoms with Gasteiger partial charge >= 0.3 is 0 Å². The average Bonchev–Trinajstić information content (AvgIpc) is 2.58. The first-order valence-electron chi connectivity index (χ1n) is 8.62. The SMILES string of the molecule is CCN(CC)S(=O)(=O)c1ccc(NN=Cc2c(C)cc(C)cc2C)nc1. The van der Waals surface area contributed by atoms with Crippen molar-refractivity contribution < 1.29 is 8.42 Å². The number of pyridine rings is 1. The number of hydrogen-bond acceptors (Lipinski definition) is 5. The lowest BCUT2D eigenvalue weighted by Crippen LogP contribution is -2.30. The molecule has 140 valence electrons. The van der Waals surface area contributed by atoms with Gasteiger partial charge in [-0.05, 0) is 44.0 Å². The Kier molecular flexibility index (Phi) is 6.50. The molecule has 7 heteroatoms. The number of aryl methyl sites for hydroxylation is 3. The molecule has 0 bridgehead atoms. The molecule has 0 atom stereocenters. The number of aromatic nitrogens is 1. The number of nitrogens with one attached hydrogen (secondary N) is 1. The molecule has 0 amide bonds. The monoisotopic (exact) mass is 374 g/mol. The van der Waals surface area contributed by atoms with E-state index in [4.69, 9.17) is 0 Å². The van der Waals surface area contributed by atoms with Gasteiger partial charge in [-0.15, -0.1) is 0 Å². The van der Waals surface area contributed by atoms with Crippen molar-refractivity contribution in [2.45, 2.75) is 39.5 Å². The Morgan fingerprint density at radius 1 is 1.12 bits per heavy atom. The molecule has 1 aromatic heterocycles. The summed E-state index contributed by atoms with van der Waals surface area (Å²) in [5, 5.41) is 4.23. The maximum atomic E-state index is 12.4. The first kappa shape index (κ1) is 20.1. The molecule has 0 saturated heterocycles. The van der Waals surface area contributed by atoms with Crippen molar-refractivity contribution in [3.05, 3.63) is 52.7 Å². The van der Waals surface area contributed by atoms with Gasteiger partial charge in [0.1, 0.15) is 10.7 Å². The first-order valence-corrected chi connectivity index (χ1v) is 10.1. The molecule has 0 aliphatic carbocycles. The van der Waals surface area contributed by atoms with Crippen molar-refractivity contribution in [2.24, 2.45) is 5.10 Å². The van der Waals surface area contributed by atoms with Crippen LogP contribution in [0.3, 0.4) is 0 Å². The number of benzene rings is 1. The molecule has 0 spiro atoms. The van der Waals surface area contributed by atoms with Crippen LogP contribution in [0.15, 0.2) is 40.5 Å². The minimum Gasteiger partial charge on any atom is -0.261 e. The highest BCUT2D eigenvalue weighted by molar-refractivity contribution is 7.89. The van der Waals surface area contributed by atoms with Gasteiger partial charge < -0.3 is 0 Å². The molecule has 0 fully saturated rings. The van der Waals surface area contributed by atoms with Crippen LogP contribution < -0.4 is 5.43 Å². The van der Waals surface area contributed by atoms with Gasteiger partial charge in [0.25, 0.3) is 0 Å². The number of hydrazone groups is 1. The summed E-state index contributed by atoms with van der Waals surface area (Å²) in [6.07, 6.45) is 3.11. The second kappa shape index (κ2) is 8.42. The Hall–Kier alpha value is -2.25. The summed E-state index contributed by atoms with van der Waals surface area (Å²) >= 11 is 0. The van der Waals surface area contributed by atoms with Gasteiger partial charge in [0.05, 0.1) is 6.21 Å². The minimum atomic E-state index is -3.49. The maximum Gasteiger partial charge on any atom is 0.244 e. The van der Waals surface area contributed by atoms with Gasteiger partial charge in [0.2, 0.25) is 10.0 Å². The maximum absolute atomic E-state index is 12.4. The summed E-state index contributed by atoms with van der Waals surface area (Å²) < 4.78 is 26.3. The molecular weight excluding hydrogens is 348 g/mol. The van der Waals surface area contributed by atoms with Crippen molar-refractivity contribution in [3.8, 4) is 0 Å². The predicted octanol–water partition coefficient (Wildman–Crippen LogP) is 3.48. The van der Waals surface area contributed by atoms with Crippen molar-refractivity contribution in [2.75, 3.05) is 18.5 Å². The Morgan fingerprint density at radius 2 is 1.73 bits per heavy atom. The molecule has 1 N–H and O–H groups in total. The third-order valence-corrected chi connectivity index (χ3v) is 6.22. The summed E-state index contributed by atoms with van der Waals surface area (Å²) in [5.74, 6) is 0.488. The second-order valence-electron chi connectivity index (χ2n) is 6.15. The van der Waals surface area contributed by atoms with E-state index in [1.807, 2.05) is 27.7 Å². The summed E-state index contributed by atoms with van der Waals surface area (Å²) in [4.78, 5) is 4.34. The van der Waals surface area contributed by atoms with Crippen molar-refractivity contribution in [1.29, 1.82) is 0 Å². The Morgan fingerprint density at radius 3 is 2.23 bits per heavy atom. The van der Waals surface area contributed by atoms with Crippen LogP contribution in [-0.2, 0) is 10.0 Å². The summed E-state index contributed by atoms with van der Waals surface area (Å²) in [5.41, 5.74) is 7.43. The van der Waals surface area contributed by atoms with Crippen molar-refractivity contribution in [3.63, 3.8) is 0 Å². The zero-order valence-electron chi connectivity index (χ0n) is 15.9. The predicted molar refractivity (Wildman–Crippen MR) is 106 cm³/mol. The third kappa shape index (κ3) is 4.47. The van der Waals surface area contributed by atoms with Gasteiger partial charge in [-0.2, -0.15) is 9.41 Å². The molecule has 26 heavy (non-hydrogen) atoms. The lowest BCUT2D eigenvalue weighted by molar-refractivity contribution is 0.445. The summed E-state index contributed by atoms with van der Waals surface area (Å²) in [6, 6.07) is 7.38. The number of nitrogens with zero attached hydrogens (tertiary/aromatic N) is 3. The topological polar surface area (TPSA) is 74.7 Å². The van der Waals surface area contributed by atoms with Gasteiger partial charge in [-0.3, -0.25) is 5.43 Å². The highest BCUT2D eigenvalue weighted by atomic mass is 32.2. The molecule has 2 rings (SSSR count). The van der Waals surface area contributed by atoms with Crippen molar-refractivity contribution >= 4 is 22.1 Å². The Balaban J connectivity index is 2.13. The van der Waals surface area contributed by atoms with Gasteiger partial charge in [0.15, 0.2) is 0 Å². The number of sulfonamides is 1. The molecular formula is C19H26N4O2S. The van der Waals surface area contributed by atoms with E-state index in [9.17, 15) is 8.42 Å². The van der Waals surface area contributed by atoms with E-state index in [0.717, 1.165) is 16.7 Å². The molecule has 2 aromatic rings. The van der Waals surface area contributed by atoms with E-state index in [0.29, 0.717) is 18.9 Å². The summed E-state index contributed by atoms with van der Waals surface area (Å²) in [6.45, 7) is 10.6. The van der Waals surface area contributed by atoms with E-state index in [1.165, 1.54) is 16.1 Å². The normalized spacial score (nSPS) is 12.1. The number of rotatable bonds is 7. The lowest BCUT2D eigenvalue weighted by atomic mass is 10.0. The highest BCUT2D eigenvalue weighted by Gasteiger charge is 2.21. The van der Waals surface area contributed by atoms with Crippen LogP contribution in [0.5, 0.6) is 0 Å². The van der Waals surface area contributed by atoms with Crippen LogP contribution in [-0.4, -0.2) is 37.0 Å². The van der Waals surface area contributed by atoms with E-state index in [2.05, 4.69) is 34.6 Å². The van der Waals surface area contributed by atoms with Crippen LogP contribution in [0.4, 0.5) is 5.82 Å². The van der Waals surface area contributed by atoms with Gasteiger partial charge in [0, 0.05) is 24.8 Å². The fourth-order valence-electron chi connectivity index (χ4n) is 2.87. The van der Waals surface area contributed by atoms with E-state index in [-0.39, 0.29) is 4.90 Å². The van der Waals surface area contributed by atoms with E-state index >= 15 is 0 Å². The summed E-state index contributed by atoms with van der Waals surface area (Å²) in [7, 11) is -3.49. The first-order chi connectivity index (χ1) is 12.3. The van der Waals surface area contributed by atoms with Gasteiger partial charge in [-0.25, -0.2) is 13.4 Å². The van der Waals surface area contributed by atoms with Crippen LogP contribution in [0.1, 0.15) is 36.1 Å². The minimum absolute atomic E-state index is 0.181. The fourth-order valence-corrected chi connectivity index (χ4v) is 4.27. The smallest absolute Gasteiger partial charge is 0.244 e. The average molecular weight is 375 g/mol. The molecule has 0 radical (unpaired) electrons. The van der Waals surface area contributed by atoms with E-state index in [1.54, 1.807) is 18.3 Å². The number of anilines is 1. The van der Waals surface area contributed by atoms with Crippen LogP contribution in [0.25, 0.3) is 0 Å².